The fourth-order valence-corrected chi connectivity index (χ4v) is 2.85. The molecule has 2 saturated heterocycles. The van der Waals surface area contributed by atoms with E-state index in [2.05, 4.69) is 17.6 Å². The number of hydrogen-bond acceptors (Lipinski definition) is 3. The lowest BCUT2D eigenvalue weighted by molar-refractivity contribution is -0.127. The van der Waals surface area contributed by atoms with Gasteiger partial charge >= 0.3 is 0 Å². The number of hydrogen-bond donors (Lipinski definition) is 2. The van der Waals surface area contributed by atoms with E-state index in [1.165, 1.54) is 6.42 Å². The van der Waals surface area contributed by atoms with Crippen LogP contribution in [0.5, 0.6) is 0 Å². The number of rotatable bonds is 5. The lowest BCUT2D eigenvalue weighted by Gasteiger charge is -2.26. The Balaban J connectivity index is 1.72. The summed E-state index contributed by atoms with van der Waals surface area (Å²) in [7, 11) is 0. The second-order valence-electron chi connectivity index (χ2n) is 5.15. The van der Waals surface area contributed by atoms with Crippen molar-refractivity contribution >= 4 is 5.91 Å². The molecule has 2 atom stereocenters. The molecular weight excluding hydrogens is 216 g/mol. The van der Waals surface area contributed by atoms with Crippen LogP contribution in [0.4, 0.5) is 0 Å². The molecule has 17 heavy (non-hydrogen) atoms. The van der Waals surface area contributed by atoms with Gasteiger partial charge in [0.05, 0.1) is 11.6 Å². The zero-order chi connectivity index (χ0) is 12.1. The summed E-state index contributed by atoms with van der Waals surface area (Å²) in [4.78, 5) is 12.2. The van der Waals surface area contributed by atoms with E-state index >= 15 is 0 Å². The molecule has 0 spiro atoms. The quantitative estimate of drug-likeness (QED) is 0.759. The molecule has 2 N–H and O–H groups in total. The molecular formula is C13H24N2O2. The van der Waals surface area contributed by atoms with Crippen molar-refractivity contribution in [1.29, 1.82) is 0 Å². The average molecular weight is 240 g/mol. The topological polar surface area (TPSA) is 50.4 Å². The van der Waals surface area contributed by atoms with Crippen molar-refractivity contribution < 1.29 is 9.53 Å². The van der Waals surface area contributed by atoms with Gasteiger partial charge in [-0.3, -0.25) is 4.79 Å². The van der Waals surface area contributed by atoms with E-state index in [4.69, 9.17) is 4.74 Å². The third kappa shape index (κ3) is 2.99. The van der Waals surface area contributed by atoms with Gasteiger partial charge in [0.15, 0.2) is 0 Å². The molecule has 0 aromatic carbocycles. The molecule has 2 heterocycles. The molecule has 98 valence electrons. The smallest absolute Gasteiger partial charge is 0.240 e. The van der Waals surface area contributed by atoms with E-state index in [1.54, 1.807) is 0 Å². The standard InChI is InChI=1S/C13H24N2O2/c1-2-13(7-4-8-15-13)12(16)14-9-6-11-5-3-10-17-11/h11,15H,2-10H2,1H3,(H,14,16). The van der Waals surface area contributed by atoms with Gasteiger partial charge in [-0.15, -0.1) is 0 Å². The van der Waals surface area contributed by atoms with Gasteiger partial charge < -0.3 is 15.4 Å². The summed E-state index contributed by atoms with van der Waals surface area (Å²) in [5.41, 5.74) is -0.295. The Morgan fingerprint density at radius 1 is 1.53 bits per heavy atom. The van der Waals surface area contributed by atoms with Gasteiger partial charge in [-0.1, -0.05) is 6.92 Å². The van der Waals surface area contributed by atoms with Crippen LogP contribution < -0.4 is 10.6 Å². The van der Waals surface area contributed by atoms with Gasteiger partial charge in [0, 0.05) is 13.2 Å². The molecule has 0 saturated carbocycles. The van der Waals surface area contributed by atoms with Crippen molar-refractivity contribution in [3.63, 3.8) is 0 Å². The highest BCUT2D eigenvalue weighted by Gasteiger charge is 2.38. The summed E-state index contributed by atoms with van der Waals surface area (Å²) in [6, 6.07) is 0. The van der Waals surface area contributed by atoms with E-state index in [0.717, 1.165) is 51.8 Å². The molecule has 1 amide bonds. The van der Waals surface area contributed by atoms with E-state index in [1.807, 2.05) is 0 Å². The molecule has 2 rings (SSSR count). The molecule has 2 aliphatic rings. The molecule has 0 aromatic heterocycles. The molecule has 0 aromatic rings. The van der Waals surface area contributed by atoms with E-state index in [0.29, 0.717) is 6.10 Å². The van der Waals surface area contributed by atoms with Crippen LogP contribution in [0.3, 0.4) is 0 Å². The van der Waals surface area contributed by atoms with Crippen LogP contribution in [0.25, 0.3) is 0 Å². The van der Waals surface area contributed by atoms with Crippen molar-refractivity contribution in [2.45, 2.75) is 57.1 Å². The first-order chi connectivity index (χ1) is 8.27. The minimum atomic E-state index is -0.295. The maximum atomic E-state index is 12.2. The van der Waals surface area contributed by atoms with Crippen LogP contribution in [0.15, 0.2) is 0 Å². The van der Waals surface area contributed by atoms with Crippen molar-refractivity contribution in [2.75, 3.05) is 19.7 Å². The molecule has 2 unspecified atom stereocenters. The highest BCUT2D eigenvalue weighted by molar-refractivity contribution is 5.86. The van der Waals surface area contributed by atoms with Crippen molar-refractivity contribution in [1.82, 2.24) is 10.6 Å². The average Bonchev–Trinajstić information content (AvgIpc) is 3.00. The van der Waals surface area contributed by atoms with Crippen LogP contribution in [-0.4, -0.2) is 37.2 Å². The Hall–Kier alpha value is -0.610. The second-order valence-corrected chi connectivity index (χ2v) is 5.15. The molecule has 0 radical (unpaired) electrons. The van der Waals surface area contributed by atoms with Crippen LogP contribution in [0.1, 0.15) is 45.4 Å². The highest BCUT2D eigenvalue weighted by atomic mass is 16.5. The lowest BCUT2D eigenvalue weighted by Crippen LogP contribution is -2.53. The van der Waals surface area contributed by atoms with Crippen LogP contribution >= 0.6 is 0 Å². The fraction of sp³-hybridized carbons (Fsp3) is 0.923. The van der Waals surface area contributed by atoms with E-state index in [9.17, 15) is 4.79 Å². The van der Waals surface area contributed by atoms with Gasteiger partial charge in [-0.2, -0.15) is 0 Å². The number of ether oxygens (including phenoxy) is 1. The number of carbonyl (C=O) groups is 1. The molecule has 0 aliphatic carbocycles. The van der Waals surface area contributed by atoms with Gasteiger partial charge in [-0.05, 0) is 45.1 Å². The summed E-state index contributed by atoms with van der Waals surface area (Å²) < 4.78 is 5.54. The van der Waals surface area contributed by atoms with Crippen molar-refractivity contribution in [3.8, 4) is 0 Å². The van der Waals surface area contributed by atoms with Crippen molar-refractivity contribution in [2.24, 2.45) is 0 Å². The van der Waals surface area contributed by atoms with Crippen molar-refractivity contribution in [3.05, 3.63) is 0 Å². The first-order valence-electron chi connectivity index (χ1n) is 6.92. The van der Waals surface area contributed by atoms with Crippen LogP contribution in [0, 0.1) is 0 Å². The fourth-order valence-electron chi connectivity index (χ4n) is 2.85. The summed E-state index contributed by atoms with van der Waals surface area (Å²) >= 11 is 0. The lowest BCUT2D eigenvalue weighted by atomic mass is 9.93. The minimum Gasteiger partial charge on any atom is -0.378 e. The largest absolute Gasteiger partial charge is 0.378 e. The van der Waals surface area contributed by atoms with Crippen LogP contribution in [0.2, 0.25) is 0 Å². The SMILES string of the molecule is CCC1(C(=O)NCCC2CCCO2)CCCN1. The Kier molecular flexibility index (Phi) is 4.40. The maximum Gasteiger partial charge on any atom is 0.240 e. The molecule has 4 heteroatoms. The molecule has 4 nitrogen and oxygen atoms in total. The second kappa shape index (κ2) is 5.83. The zero-order valence-corrected chi connectivity index (χ0v) is 10.8. The number of nitrogens with one attached hydrogen (secondary N) is 2. The summed E-state index contributed by atoms with van der Waals surface area (Å²) in [6.45, 7) is 4.68. The minimum absolute atomic E-state index is 0.176. The zero-order valence-electron chi connectivity index (χ0n) is 10.8. The Labute approximate surface area is 103 Å². The molecule has 2 fully saturated rings. The Morgan fingerprint density at radius 3 is 3.00 bits per heavy atom. The molecule has 0 bridgehead atoms. The summed E-state index contributed by atoms with van der Waals surface area (Å²) in [6.07, 6.45) is 6.57. The number of amides is 1. The number of carbonyl (C=O) groups excluding carboxylic acids is 1. The normalized spacial score (nSPS) is 32.9. The van der Waals surface area contributed by atoms with Crippen LogP contribution in [-0.2, 0) is 9.53 Å². The van der Waals surface area contributed by atoms with Gasteiger partial charge in [0.25, 0.3) is 0 Å². The maximum absolute atomic E-state index is 12.2. The van der Waals surface area contributed by atoms with Gasteiger partial charge in [-0.25, -0.2) is 0 Å². The van der Waals surface area contributed by atoms with E-state index < -0.39 is 0 Å². The van der Waals surface area contributed by atoms with E-state index in [-0.39, 0.29) is 11.4 Å². The predicted molar refractivity (Wildman–Crippen MR) is 66.9 cm³/mol. The molecule has 2 aliphatic heterocycles. The predicted octanol–water partition coefficient (Wildman–Crippen LogP) is 1.20. The van der Waals surface area contributed by atoms with Gasteiger partial charge in [0.2, 0.25) is 5.91 Å². The van der Waals surface area contributed by atoms with Gasteiger partial charge in [0.1, 0.15) is 0 Å². The highest BCUT2D eigenvalue weighted by Crippen LogP contribution is 2.23. The third-order valence-electron chi connectivity index (χ3n) is 4.06. The summed E-state index contributed by atoms with van der Waals surface area (Å²) in [5.74, 6) is 0.176. The monoisotopic (exact) mass is 240 g/mol. The Bertz CT molecular complexity index is 256. The Morgan fingerprint density at radius 2 is 2.41 bits per heavy atom. The summed E-state index contributed by atoms with van der Waals surface area (Å²) in [5, 5.41) is 6.42. The first kappa shape index (κ1) is 12.8. The third-order valence-corrected chi connectivity index (χ3v) is 4.06. The first-order valence-corrected chi connectivity index (χ1v) is 6.92.